The van der Waals surface area contributed by atoms with E-state index in [1.165, 1.54) is 19.2 Å². The van der Waals surface area contributed by atoms with Gasteiger partial charge in [0, 0.05) is 0 Å². The summed E-state index contributed by atoms with van der Waals surface area (Å²) in [6.45, 7) is 1.14. The summed E-state index contributed by atoms with van der Waals surface area (Å²) in [7, 11) is 1.23. The smallest absolute Gasteiger partial charge is 0.304 e. The van der Waals surface area contributed by atoms with E-state index >= 15 is 0 Å². The Morgan fingerprint density at radius 1 is 1.21 bits per heavy atom. The Morgan fingerprint density at radius 3 is 2.21 bits per heavy atom. The Bertz CT molecular complexity index is 511. The number of hydrogen-bond acceptors (Lipinski definition) is 6. The molecule has 1 N–H and O–H groups in total. The highest BCUT2D eigenvalue weighted by Gasteiger charge is 2.27. The Morgan fingerprint density at radius 2 is 1.79 bits per heavy atom. The molecule has 0 bridgehead atoms. The average molecular weight is 264 g/mol. The fraction of sp³-hybridized carbons (Fsp3) is 0.182. The Hall–Kier alpha value is -2.77. The molecule has 0 unspecified atom stereocenters. The summed E-state index contributed by atoms with van der Waals surface area (Å²) in [5.41, 5.74) is -0.392. The number of nitroso groups, excluding NO2 is 2. The van der Waals surface area contributed by atoms with Gasteiger partial charge in [0.15, 0.2) is 0 Å². The van der Waals surface area contributed by atoms with E-state index in [9.17, 15) is 19.7 Å². The van der Waals surface area contributed by atoms with E-state index in [0.29, 0.717) is 10.8 Å². The van der Waals surface area contributed by atoms with Gasteiger partial charge in [-0.05, 0) is 24.2 Å². The van der Waals surface area contributed by atoms with Crippen molar-refractivity contribution in [1.29, 1.82) is 0 Å². The van der Waals surface area contributed by atoms with Crippen molar-refractivity contribution in [2.45, 2.75) is 6.92 Å². The lowest BCUT2D eigenvalue weighted by atomic mass is 10.3. The molecule has 0 atom stereocenters. The van der Waals surface area contributed by atoms with Crippen LogP contribution in [0.25, 0.3) is 0 Å². The van der Waals surface area contributed by atoms with Crippen molar-refractivity contribution in [2.75, 3.05) is 12.1 Å². The molecule has 0 saturated heterocycles. The number of aliphatic hydroxyl groups is 1. The second-order valence-corrected chi connectivity index (χ2v) is 3.55. The minimum absolute atomic E-state index is 0.303. The van der Waals surface area contributed by atoms with E-state index in [0.717, 1.165) is 11.9 Å². The van der Waals surface area contributed by atoms with Crippen LogP contribution in [0.1, 0.15) is 6.92 Å². The van der Waals surface area contributed by atoms with Crippen LogP contribution in [0, 0.1) is 9.81 Å². The molecule has 0 spiro atoms. The van der Waals surface area contributed by atoms with Crippen molar-refractivity contribution in [3.05, 3.63) is 51.6 Å². The average Bonchev–Trinajstić information content (AvgIpc) is 2.40. The zero-order valence-electron chi connectivity index (χ0n) is 10.3. The molecule has 1 aromatic carbocycles. The van der Waals surface area contributed by atoms with E-state index in [4.69, 9.17) is 0 Å². The number of carbonyl (C=O) groups is 1. The van der Waals surface area contributed by atoms with Gasteiger partial charge in [-0.3, -0.25) is 4.79 Å². The number of hydrazine groups is 1. The minimum Gasteiger partial charge on any atom is -0.510 e. The van der Waals surface area contributed by atoms with E-state index < -0.39 is 17.4 Å². The molecular weight excluding hydrogens is 252 g/mol. The third kappa shape index (κ3) is 3.12. The summed E-state index contributed by atoms with van der Waals surface area (Å²) in [6, 6.07) is 8.06. The highest BCUT2D eigenvalue weighted by Crippen LogP contribution is 2.19. The minimum atomic E-state index is -0.955. The summed E-state index contributed by atoms with van der Waals surface area (Å²) in [5.74, 6) is -1.50. The molecular formula is C11H12N4O4. The van der Waals surface area contributed by atoms with Crippen LogP contribution in [0.2, 0.25) is 0 Å². The summed E-state index contributed by atoms with van der Waals surface area (Å²) in [5, 5.41) is 15.8. The largest absolute Gasteiger partial charge is 0.510 e. The van der Waals surface area contributed by atoms with Crippen molar-refractivity contribution >= 4 is 11.6 Å². The van der Waals surface area contributed by atoms with Crippen molar-refractivity contribution in [3.63, 3.8) is 0 Å². The third-order valence-electron chi connectivity index (χ3n) is 2.24. The highest BCUT2D eigenvalue weighted by molar-refractivity contribution is 6.04. The molecule has 0 aromatic heterocycles. The first-order chi connectivity index (χ1) is 9.02. The molecule has 1 aromatic rings. The zero-order chi connectivity index (χ0) is 14.4. The maximum absolute atomic E-state index is 12.1. The zero-order valence-corrected chi connectivity index (χ0v) is 10.3. The molecule has 0 heterocycles. The standard InChI is InChI=1S/C11H12N4O4/c1-8(16)10(12-18)11(17)15(14(2)13-19)9-6-4-3-5-7-9/h3-7,16H,1-2H3/b10-8+. The van der Waals surface area contributed by atoms with Gasteiger partial charge >= 0.3 is 5.91 Å². The van der Waals surface area contributed by atoms with Gasteiger partial charge in [-0.15, -0.1) is 9.81 Å². The van der Waals surface area contributed by atoms with Crippen LogP contribution in [-0.4, -0.2) is 23.2 Å². The number of rotatable bonds is 5. The van der Waals surface area contributed by atoms with Crippen LogP contribution in [0.5, 0.6) is 0 Å². The van der Waals surface area contributed by atoms with Gasteiger partial charge in [0.25, 0.3) is 0 Å². The number of allylic oxidation sites excluding steroid dienone is 1. The van der Waals surface area contributed by atoms with Crippen LogP contribution in [0.15, 0.2) is 52.3 Å². The molecule has 19 heavy (non-hydrogen) atoms. The lowest BCUT2D eigenvalue weighted by Gasteiger charge is -2.26. The maximum atomic E-state index is 12.1. The first-order valence-corrected chi connectivity index (χ1v) is 5.22. The molecule has 1 rings (SSSR count). The first kappa shape index (κ1) is 14.3. The second kappa shape index (κ2) is 6.24. The number of nitrogens with zero attached hydrogens (tertiary/aromatic N) is 4. The maximum Gasteiger partial charge on any atom is 0.304 e. The lowest BCUT2D eigenvalue weighted by Crippen LogP contribution is -2.42. The summed E-state index contributed by atoms with van der Waals surface area (Å²) in [6.07, 6.45) is 0. The van der Waals surface area contributed by atoms with Gasteiger partial charge in [0.05, 0.1) is 18.0 Å². The number of para-hydroxylation sites is 1. The summed E-state index contributed by atoms with van der Waals surface area (Å²) in [4.78, 5) is 33.3. The number of anilines is 1. The molecule has 1 amide bonds. The predicted octanol–water partition coefficient (Wildman–Crippen LogP) is 2.10. The number of carbonyl (C=O) groups excluding carboxylic acids is 1. The van der Waals surface area contributed by atoms with Gasteiger partial charge in [-0.25, -0.2) is 0 Å². The number of aliphatic hydroxyl groups excluding tert-OH is 1. The van der Waals surface area contributed by atoms with Crippen molar-refractivity contribution in [3.8, 4) is 0 Å². The molecule has 0 aliphatic heterocycles. The van der Waals surface area contributed by atoms with Gasteiger partial charge in [0.2, 0.25) is 5.70 Å². The fourth-order valence-electron chi connectivity index (χ4n) is 1.38. The molecule has 0 aliphatic rings. The van der Waals surface area contributed by atoms with Crippen molar-refractivity contribution in [2.24, 2.45) is 10.5 Å². The first-order valence-electron chi connectivity index (χ1n) is 5.22. The molecule has 0 radical (unpaired) electrons. The van der Waals surface area contributed by atoms with Gasteiger partial charge < -0.3 is 5.11 Å². The number of amides is 1. The molecule has 8 nitrogen and oxygen atoms in total. The van der Waals surface area contributed by atoms with E-state index in [2.05, 4.69) is 10.5 Å². The molecule has 8 heteroatoms. The molecule has 100 valence electrons. The van der Waals surface area contributed by atoms with Crippen LogP contribution in [0.3, 0.4) is 0 Å². The Balaban J connectivity index is 3.27. The quantitative estimate of drug-likeness (QED) is 0.379. The number of benzene rings is 1. The molecule has 0 fully saturated rings. The van der Waals surface area contributed by atoms with Gasteiger partial charge in [-0.2, -0.15) is 10.1 Å². The predicted molar refractivity (Wildman–Crippen MR) is 68.6 cm³/mol. The topological polar surface area (TPSA) is 103 Å². The normalized spacial score (nSPS) is 11.3. The monoisotopic (exact) mass is 264 g/mol. The van der Waals surface area contributed by atoms with Crippen LogP contribution in [-0.2, 0) is 4.79 Å². The van der Waals surface area contributed by atoms with Crippen LogP contribution in [0.4, 0.5) is 5.69 Å². The van der Waals surface area contributed by atoms with Gasteiger partial charge in [-0.1, -0.05) is 18.2 Å². The van der Waals surface area contributed by atoms with E-state index in [1.54, 1.807) is 18.2 Å². The second-order valence-electron chi connectivity index (χ2n) is 3.55. The van der Waals surface area contributed by atoms with Crippen molar-refractivity contribution < 1.29 is 9.90 Å². The SMILES string of the molecule is C/C(O)=C(\N=O)C(=O)N(c1ccccc1)N(C)N=O. The van der Waals surface area contributed by atoms with E-state index in [-0.39, 0.29) is 0 Å². The Kier molecular flexibility index (Phi) is 4.69. The van der Waals surface area contributed by atoms with Crippen LogP contribution >= 0.6 is 0 Å². The third-order valence-corrected chi connectivity index (χ3v) is 2.24. The Labute approximate surface area is 108 Å². The molecule has 0 aliphatic carbocycles. The lowest BCUT2D eigenvalue weighted by molar-refractivity contribution is -0.118. The van der Waals surface area contributed by atoms with Gasteiger partial charge in [0.1, 0.15) is 5.76 Å². The summed E-state index contributed by atoms with van der Waals surface area (Å²) < 4.78 is 0. The van der Waals surface area contributed by atoms with E-state index in [1.807, 2.05) is 0 Å². The fourth-order valence-corrected chi connectivity index (χ4v) is 1.38. The van der Waals surface area contributed by atoms with Crippen LogP contribution < -0.4 is 5.01 Å². The highest BCUT2D eigenvalue weighted by atomic mass is 16.3. The summed E-state index contributed by atoms with van der Waals surface area (Å²) >= 11 is 0. The molecule has 0 saturated carbocycles. The number of hydrogen-bond donors (Lipinski definition) is 1. The van der Waals surface area contributed by atoms with Crippen molar-refractivity contribution in [1.82, 2.24) is 5.12 Å².